The van der Waals surface area contributed by atoms with Crippen LogP contribution in [0, 0.1) is 0 Å². The zero-order chi connectivity index (χ0) is 11.4. The number of thioether (sulfide) groups is 1. The van der Waals surface area contributed by atoms with Gasteiger partial charge >= 0.3 is 0 Å². The van der Waals surface area contributed by atoms with E-state index >= 15 is 0 Å². The van der Waals surface area contributed by atoms with Gasteiger partial charge < -0.3 is 4.74 Å². The van der Waals surface area contributed by atoms with Crippen molar-refractivity contribution in [1.29, 1.82) is 0 Å². The maximum Gasteiger partial charge on any atom is 0.134 e. The predicted molar refractivity (Wildman–Crippen MR) is 66.1 cm³/mol. The first-order chi connectivity index (χ1) is 7.79. The van der Waals surface area contributed by atoms with E-state index in [0.29, 0.717) is 17.5 Å². The lowest BCUT2D eigenvalue weighted by Gasteiger charge is -2.20. The van der Waals surface area contributed by atoms with Crippen LogP contribution in [0.4, 0.5) is 0 Å². The van der Waals surface area contributed by atoms with E-state index in [1.54, 1.807) is 18.9 Å². The minimum Gasteiger partial charge on any atom is -0.496 e. The van der Waals surface area contributed by atoms with Gasteiger partial charge in [-0.2, -0.15) is 0 Å². The third-order valence-electron chi connectivity index (χ3n) is 2.80. The predicted octanol–water partition coefficient (Wildman–Crippen LogP) is 3.30. The molecular formula is C13H16O2S. The van der Waals surface area contributed by atoms with Gasteiger partial charge in [0.2, 0.25) is 0 Å². The molecule has 0 spiro atoms. The summed E-state index contributed by atoms with van der Waals surface area (Å²) in [5.41, 5.74) is 0. The number of carbonyl (C=O) groups is 1. The Morgan fingerprint density at radius 1 is 1.38 bits per heavy atom. The molecule has 3 heteroatoms. The Bertz CT molecular complexity index is 376. The smallest absolute Gasteiger partial charge is 0.134 e. The SMILES string of the molecule is COc1ccccc1S[C@@H]1CCCC(=O)C1. The number of para-hydroxylation sites is 1. The van der Waals surface area contributed by atoms with Gasteiger partial charge in [-0.25, -0.2) is 0 Å². The molecule has 1 aromatic rings. The molecule has 0 bridgehead atoms. The normalized spacial score (nSPS) is 20.8. The maximum atomic E-state index is 11.4. The van der Waals surface area contributed by atoms with E-state index in [2.05, 4.69) is 6.07 Å². The van der Waals surface area contributed by atoms with Crippen LogP contribution < -0.4 is 4.74 Å². The molecule has 16 heavy (non-hydrogen) atoms. The van der Waals surface area contributed by atoms with Crippen LogP contribution in [0.15, 0.2) is 29.2 Å². The molecule has 1 saturated carbocycles. The summed E-state index contributed by atoms with van der Waals surface area (Å²) in [5.74, 6) is 1.31. The third-order valence-corrected chi connectivity index (χ3v) is 4.13. The number of Topliss-reactive ketones (excluding diaryl/α,β-unsaturated/α-hetero) is 1. The average Bonchev–Trinajstić information content (AvgIpc) is 2.30. The standard InChI is InChI=1S/C13H16O2S/c1-15-12-7-2-3-8-13(12)16-11-6-4-5-10(14)9-11/h2-3,7-8,11H,4-6,9H2,1H3/t11-/m1/s1. The molecule has 0 heterocycles. The van der Waals surface area contributed by atoms with Gasteiger partial charge in [0.1, 0.15) is 11.5 Å². The maximum absolute atomic E-state index is 11.4. The minimum atomic E-state index is 0.402. The number of carbonyl (C=O) groups excluding carboxylic acids is 1. The topological polar surface area (TPSA) is 26.3 Å². The van der Waals surface area contributed by atoms with Gasteiger partial charge in [-0.3, -0.25) is 4.79 Å². The lowest BCUT2D eigenvalue weighted by Crippen LogP contribution is -2.16. The monoisotopic (exact) mass is 236 g/mol. The molecule has 0 radical (unpaired) electrons. The molecule has 86 valence electrons. The van der Waals surface area contributed by atoms with Gasteiger partial charge in [0.25, 0.3) is 0 Å². The first-order valence-electron chi connectivity index (χ1n) is 5.61. The number of hydrogen-bond donors (Lipinski definition) is 0. The summed E-state index contributed by atoms with van der Waals surface area (Å²) >= 11 is 1.77. The molecular weight excluding hydrogens is 220 g/mol. The number of rotatable bonds is 3. The van der Waals surface area contributed by atoms with Gasteiger partial charge in [-0.05, 0) is 25.0 Å². The number of ketones is 1. The van der Waals surface area contributed by atoms with E-state index in [-0.39, 0.29) is 0 Å². The van der Waals surface area contributed by atoms with Crippen molar-refractivity contribution in [3.63, 3.8) is 0 Å². The van der Waals surface area contributed by atoms with E-state index in [4.69, 9.17) is 4.74 Å². The lowest BCUT2D eigenvalue weighted by atomic mass is 9.99. The van der Waals surface area contributed by atoms with Gasteiger partial charge in [0.05, 0.1) is 7.11 Å². The van der Waals surface area contributed by atoms with Crippen molar-refractivity contribution in [2.24, 2.45) is 0 Å². The van der Waals surface area contributed by atoms with Crippen LogP contribution in [0.3, 0.4) is 0 Å². The molecule has 1 atom stereocenters. The zero-order valence-corrected chi connectivity index (χ0v) is 10.3. The Morgan fingerprint density at radius 3 is 2.94 bits per heavy atom. The zero-order valence-electron chi connectivity index (χ0n) is 9.44. The molecule has 0 aromatic heterocycles. The second kappa shape index (κ2) is 5.39. The quantitative estimate of drug-likeness (QED) is 0.805. The molecule has 0 saturated heterocycles. The van der Waals surface area contributed by atoms with Crippen LogP contribution in [-0.4, -0.2) is 18.1 Å². The summed E-state index contributed by atoms with van der Waals surface area (Å²) in [6, 6.07) is 8.00. The average molecular weight is 236 g/mol. The Morgan fingerprint density at radius 2 is 2.19 bits per heavy atom. The highest BCUT2D eigenvalue weighted by Crippen LogP contribution is 2.37. The van der Waals surface area contributed by atoms with Crippen molar-refractivity contribution in [2.75, 3.05) is 7.11 Å². The first-order valence-corrected chi connectivity index (χ1v) is 6.49. The van der Waals surface area contributed by atoms with Gasteiger partial charge in [0.15, 0.2) is 0 Å². The second-order valence-corrected chi connectivity index (χ2v) is 5.37. The Hall–Kier alpha value is -0.960. The largest absolute Gasteiger partial charge is 0.496 e. The second-order valence-electron chi connectivity index (χ2n) is 4.03. The highest BCUT2D eigenvalue weighted by atomic mass is 32.2. The number of hydrogen-bond acceptors (Lipinski definition) is 3. The van der Waals surface area contributed by atoms with Crippen LogP contribution in [0.25, 0.3) is 0 Å². The molecule has 0 aliphatic heterocycles. The fourth-order valence-corrected chi connectivity index (χ4v) is 3.32. The fraction of sp³-hybridized carbons (Fsp3) is 0.462. The van der Waals surface area contributed by atoms with E-state index in [1.807, 2.05) is 18.2 Å². The van der Waals surface area contributed by atoms with Gasteiger partial charge in [-0.15, -0.1) is 11.8 Å². The molecule has 1 aliphatic carbocycles. The molecule has 1 aliphatic rings. The highest BCUT2D eigenvalue weighted by Gasteiger charge is 2.21. The minimum absolute atomic E-state index is 0.402. The van der Waals surface area contributed by atoms with Crippen molar-refractivity contribution >= 4 is 17.5 Å². The van der Waals surface area contributed by atoms with Crippen molar-refractivity contribution < 1.29 is 9.53 Å². The van der Waals surface area contributed by atoms with Crippen molar-refractivity contribution in [3.8, 4) is 5.75 Å². The van der Waals surface area contributed by atoms with Crippen molar-refractivity contribution in [3.05, 3.63) is 24.3 Å². The van der Waals surface area contributed by atoms with Crippen LogP contribution in [-0.2, 0) is 4.79 Å². The number of methoxy groups -OCH3 is 1. The van der Waals surface area contributed by atoms with Gasteiger partial charge in [0, 0.05) is 23.0 Å². The summed E-state index contributed by atoms with van der Waals surface area (Å²) < 4.78 is 5.31. The van der Waals surface area contributed by atoms with Crippen LogP contribution in [0.5, 0.6) is 5.75 Å². The fourth-order valence-electron chi connectivity index (χ4n) is 1.98. The van der Waals surface area contributed by atoms with Crippen LogP contribution in [0.2, 0.25) is 0 Å². The molecule has 1 fully saturated rings. The van der Waals surface area contributed by atoms with E-state index < -0.39 is 0 Å². The molecule has 0 amide bonds. The highest BCUT2D eigenvalue weighted by molar-refractivity contribution is 8.00. The molecule has 1 aromatic carbocycles. The molecule has 2 nitrogen and oxygen atoms in total. The molecule has 2 rings (SSSR count). The summed E-state index contributed by atoms with van der Waals surface area (Å²) in [4.78, 5) is 12.5. The van der Waals surface area contributed by atoms with Gasteiger partial charge in [-0.1, -0.05) is 12.1 Å². The molecule has 0 unspecified atom stereocenters. The summed E-state index contributed by atoms with van der Waals surface area (Å²) in [5, 5.41) is 0.428. The summed E-state index contributed by atoms with van der Waals surface area (Å²) in [7, 11) is 1.69. The summed E-state index contributed by atoms with van der Waals surface area (Å²) in [6.45, 7) is 0. The third kappa shape index (κ3) is 2.79. The Balaban J connectivity index is 2.05. The number of ether oxygens (including phenoxy) is 1. The summed E-state index contributed by atoms with van der Waals surface area (Å²) in [6.07, 6.45) is 3.64. The Labute approximate surface area is 100 Å². The number of benzene rings is 1. The lowest BCUT2D eigenvalue weighted by molar-refractivity contribution is -0.120. The van der Waals surface area contributed by atoms with Crippen LogP contribution in [0.1, 0.15) is 25.7 Å². The molecule has 0 N–H and O–H groups in total. The van der Waals surface area contributed by atoms with E-state index in [0.717, 1.165) is 29.9 Å². The first kappa shape index (κ1) is 11.5. The Kier molecular flexibility index (Phi) is 3.88. The van der Waals surface area contributed by atoms with Crippen LogP contribution >= 0.6 is 11.8 Å². The van der Waals surface area contributed by atoms with Crippen molar-refractivity contribution in [2.45, 2.75) is 35.8 Å². The van der Waals surface area contributed by atoms with Crippen molar-refractivity contribution in [1.82, 2.24) is 0 Å². The van der Waals surface area contributed by atoms with E-state index in [1.165, 1.54) is 0 Å². The van der Waals surface area contributed by atoms with E-state index in [9.17, 15) is 4.79 Å².